The SMILES string of the molecule is CCN(CC)CCS(=O)(=O)[C@@H]1CCN2C(=O)c3coc(n3)CC(=O)C[C@H](O)/C=C(C)/C=C\CNC(=O)/C=C/[C@@H](C)[C@H](C(C)C)OC(=O)[C@@H]12. The van der Waals surface area contributed by atoms with E-state index in [0.717, 1.165) is 11.2 Å². The highest BCUT2D eigenvalue weighted by Crippen LogP contribution is 2.30. The molecule has 14 heteroatoms. The standard InChI is InChI=1S/C34H50N4O9S/c1-7-37(8-2)16-17-48(44,45)28-13-15-38-31(28)34(43)47-32(22(3)4)24(6)11-12-29(41)35-14-9-10-23(5)18-25(39)19-26(40)20-30-36-27(21-46-30)33(38)42/h9-12,18,21-22,24-25,28,31-32,39H,7-8,13-17,19-20H2,1-6H3,(H,35,41)/b10-9-,12-11+,23-18+/t24-,25-,28-,31-,32+/m1/s1. The van der Waals surface area contributed by atoms with Gasteiger partial charge in [-0.3, -0.25) is 14.4 Å². The van der Waals surface area contributed by atoms with Gasteiger partial charge in [-0.05, 0) is 38.4 Å². The average Bonchev–Trinajstić information content (AvgIpc) is 3.68. The second kappa shape index (κ2) is 17.7. The molecule has 1 saturated heterocycles. The Morgan fingerprint density at radius 2 is 1.85 bits per heavy atom. The summed E-state index contributed by atoms with van der Waals surface area (Å²) >= 11 is 0. The molecule has 1 aromatic rings. The highest BCUT2D eigenvalue weighted by Gasteiger charge is 2.50. The van der Waals surface area contributed by atoms with E-state index in [9.17, 15) is 32.7 Å². The Labute approximate surface area is 283 Å². The molecule has 3 rings (SSSR count). The molecule has 0 radical (unpaired) electrons. The summed E-state index contributed by atoms with van der Waals surface area (Å²) in [4.78, 5) is 60.3. The topological polar surface area (TPSA) is 176 Å². The Kier molecular flexibility index (Phi) is 14.3. The van der Waals surface area contributed by atoms with Crippen LogP contribution in [0.15, 0.2) is 46.6 Å². The molecule has 0 spiro atoms. The van der Waals surface area contributed by atoms with Crippen LogP contribution in [0.4, 0.5) is 0 Å². The van der Waals surface area contributed by atoms with Crippen molar-refractivity contribution in [2.24, 2.45) is 11.8 Å². The van der Waals surface area contributed by atoms with Crippen molar-refractivity contribution in [1.82, 2.24) is 20.1 Å². The van der Waals surface area contributed by atoms with Crippen LogP contribution in [0, 0.1) is 11.8 Å². The van der Waals surface area contributed by atoms with Crippen LogP contribution in [-0.2, 0) is 35.4 Å². The molecule has 0 aliphatic carbocycles. The summed E-state index contributed by atoms with van der Waals surface area (Å²) in [5, 5.41) is 11.9. The number of aromatic nitrogens is 1. The van der Waals surface area contributed by atoms with Crippen molar-refractivity contribution >= 4 is 33.4 Å². The monoisotopic (exact) mass is 690 g/mol. The number of allylic oxidation sites excluding steroid dienone is 2. The van der Waals surface area contributed by atoms with E-state index >= 15 is 0 Å². The van der Waals surface area contributed by atoms with E-state index in [-0.39, 0.29) is 73.8 Å². The molecule has 2 aliphatic rings. The number of sulfone groups is 1. The van der Waals surface area contributed by atoms with Crippen molar-refractivity contribution in [3.05, 3.63) is 53.8 Å². The van der Waals surface area contributed by atoms with E-state index in [1.165, 1.54) is 12.2 Å². The number of nitrogens with one attached hydrogen (secondary N) is 1. The number of aliphatic hydroxyl groups excluding tert-OH is 1. The lowest BCUT2D eigenvalue weighted by Gasteiger charge is -2.31. The maximum absolute atomic E-state index is 14.0. The highest BCUT2D eigenvalue weighted by molar-refractivity contribution is 7.92. The third kappa shape index (κ3) is 10.7. The first-order valence-electron chi connectivity index (χ1n) is 16.6. The predicted octanol–water partition coefficient (Wildman–Crippen LogP) is 2.27. The number of hydrogen-bond donors (Lipinski definition) is 2. The van der Waals surface area contributed by atoms with Gasteiger partial charge < -0.3 is 29.4 Å². The number of carbonyl (C=O) groups is 4. The number of hydrogen-bond acceptors (Lipinski definition) is 11. The van der Waals surface area contributed by atoms with Gasteiger partial charge >= 0.3 is 5.97 Å². The number of esters is 1. The number of fused-ring (bicyclic) bond motifs is 3. The van der Waals surface area contributed by atoms with Gasteiger partial charge in [-0.2, -0.15) is 0 Å². The zero-order valence-corrected chi connectivity index (χ0v) is 29.6. The molecule has 1 fully saturated rings. The summed E-state index contributed by atoms with van der Waals surface area (Å²) in [7, 11) is -3.87. The quantitative estimate of drug-likeness (QED) is 0.402. The van der Waals surface area contributed by atoms with Gasteiger partial charge in [0.05, 0.1) is 23.5 Å². The largest absolute Gasteiger partial charge is 0.460 e. The summed E-state index contributed by atoms with van der Waals surface area (Å²) < 4.78 is 38.9. The molecular weight excluding hydrogens is 640 g/mol. The lowest BCUT2D eigenvalue weighted by Crippen LogP contribution is -2.50. The van der Waals surface area contributed by atoms with Crippen molar-refractivity contribution in [3.63, 3.8) is 0 Å². The minimum atomic E-state index is -3.87. The van der Waals surface area contributed by atoms with Crippen LogP contribution in [-0.4, -0.2) is 114 Å². The van der Waals surface area contributed by atoms with E-state index in [1.807, 2.05) is 32.6 Å². The van der Waals surface area contributed by atoms with Gasteiger partial charge in [0.2, 0.25) is 11.8 Å². The molecule has 2 amide bonds. The first-order valence-corrected chi connectivity index (χ1v) is 18.3. The van der Waals surface area contributed by atoms with Gasteiger partial charge in [0, 0.05) is 32.0 Å². The van der Waals surface area contributed by atoms with E-state index in [0.29, 0.717) is 18.7 Å². The summed E-state index contributed by atoms with van der Waals surface area (Å²) in [6.45, 7) is 12.9. The van der Waals surface area contributed by atoms with Crippen LogP contribution in [0.25, 0.3) is 0 Å². The lowest BCUT2D eigenvalue weighted by molar-refractivity contribution is -0.157. The minimum Gasteiger partial charge on any atom is -0.460 e. The molecule has 266 valence electrons. The number of Topliss-reactive ketones (excluding diaryl/α,β-unsaturated/α-hetero) is 1. The molecule has 2 bridgehead atoms. The van der Waals surface area contributed by atoms with Gasteiger partial charge in [-0.1, -0.05) is 64.5 Å². The van der Waals surface area contributed by atoms with Crippen LogP contribution < -0.4 is 5.32 Å². The maximum atomic E-state index is 14.0. The van der Waals surface area contributed by atoms with E-state index in [2.05, 4.69) is 10.3 Å². The first kappa shape index (κ1) is 38.8. The van der Waals surface area contributed by atoms with Crippen LogP contribution in [0.3, 0.4) is 0 Å². The number of ether oxygens (including phenoxy) is 1. The molecule has 13 nitrogen and oxygen atoms in total. The molecule has 0 unspecified atom stereocenters. The third-order valence-corrected chi connectivity index (χ3v) is 10.8. The van der Waals surface area contributed by atoms with Crippen molar-refractivity contribution in [2.45, 2.75) is 84.3 Å². The summed E-state index contributed by atoms with van der Waals surface area (Å²) in [5.41, 5.74) is 0.505. The van der Waals surface area contributed by atoms with Gasteiger partial charge in [-0.15, -0.1) is 0 Å². The number of nitrogens with zero attached hydrogens (tertiary/aromatic N) is 3. The molecule has 48 heavy (non-hydrogen) atoms. The fraction of sp³-hybridized carbons (Fsp3) is 0.618. The zero-order chi connectivity index (χ0) is 35.6. The fourth-order valence-corrected chi connectivity index (χ4v) is 7.92. The molecule has 3 heterocycles. The number of ketones is 1. The molecule has 2 aliphatic heterocycles. The summed E-state index contributed by atoms with van der Waals surface area (Å²) in [5.74, 6) is -3.23. The number of carbonyl (C=O) groups excluding carboxylic acids is 4. The fourth-order valence-electron chi connectivity index (χ4n) is 5.99. The van der Waals surface area contributed by atoms with Crippen LogP contribution in [0.5, 0.6) is 0 Å². The zero-order valence-electron chi connectivity index (χ0n) is 28.8. The molecular formula is C34H50N4O9S. The van der Waals surface area contributed by atoms with E-state index in [4.69, 9.17) is 9.15 Å². The Morgan fingerprint density at radius 1 is 1.15 bits per heavy atom. The van der Waals surface area contributed by atoms with Gasteiger partial charge in [0.25, 0.3) is 5.91 Å². The number of cyclic esters (lactones) is 1. The smallest absolute Gasteiger partial charge is 0.330 e. The molecule has 5 atom stereocenters. The minimum absolute atomic E-state index is 0.0243. The second-order valence-electron chi connectivity index (χ2n) is 12.7. The van der Waals surface area contributed by atoms with E-state index < -0.39 is 51.1 Å². The average molecular weight is 691 g/mol. The Balaban J connectivity index is 2.00. The lowest BCUT2D eigenvalue weighted by atomic mass is 9.94. The van der Waals surface area contributed by atoms with Crippen LogP contribution in [0.1, 0.15) is 70.8 Å². The number of amides is 2. The normalized spacial score (nSPS) is 28.1. The van der Waals surface area contributed by atoms with E-state index in [1.54, 1.807) is 32.1 Å². The van der Waals surface area contributed by atoms with Gasteiger partial charge in [0.1, 0.15) is 24.2 Å². The van der Waals surface area contributed by atoms with Gasteiger partial charge in [0.15, 0.2) is 15.5 Å². The molecule has 1 aromatic heterocycles. The molecule has 0 saturated carbocycles. The maximum Gasteiger partial charge on any atom is 0.330 e. The number of aliphatic hydroxyl groups is 1. The first-order chi connectivity index (χ1) is 22.7. The summed E-state index contributed by atoms with van der Waals surface area (Å²) in [6, 6.07) is -1.44. The highest BCUT2D eigenvalue weighted by atomic mass is 32.2. The van der Waals surface area contributed by atoms with Crippen LogP contribution in [0.2, 0.25) is 0 Å². The Morgan fingerprint density at radius 3 is 2.52 bits per heavy atom. The number of rotatable bonds is 7. The number of oxazole rings is 1. The van der Waals surface area contributed by atoms with Crippen molar-refractivity contribution in [3.8, 4) is 0 Å². The third-order valence-electron chi connectivity index (χ3n) is 8.66. The predicted molar refractivity (Wildman–Crippen MR) is 180 cm³/mol. The van der Waals surface area contributed by atoms with Crippen molar-refractivity contribution in [1.29, 1.82) is 0 Å². The second-order valence-corrected chi connectivity index (χ2v) is 15.0. The van der Waals surface area contributed by atoms with Gasteiger partial charge in [-0.25, -0.2) is 18.2 Å². The van der Waals surface area contributed by atoms with Crippen LogP contribution >= 0.6 is 0 Å². The van der Waals surface area contributed by atoms with Crippen molar-refractivity contribution < 1.29 is 41.9 Å². The molecule has 2 N–H and O–H groups in total. The Hall–Kier alpha value is -3.62. The Bertz CT molecular complexity index is 1490. The molecule has 0 aromatic carbocycles. The van der Waals surface area contributed by atoms with Crippen molar-refractivity contribution in [2.75, 3.05) is 38.5 Å². The summed E-state index contributed by atoms with van der Waals surface area (Å²) in [6.07, 6.45) is 6.68.